The number of anilines is 2. The van der Waals surface area contributed by atoms with Crippen molar-refractivity contribution in [3.63, 3.8) is 0 Å². The highest BCUT2D eigenvalue weighted by Gasteiger charge is 2.39. The molecule has 174 valence electrons. The zero-order chi connectivity index (χ0) is 23.9. The minimum Gasteiger partial charge on any atom is -0.506 e. The number of hydrogen-bond acceptors (Lipinski definition) is 5. The second kappa shape index (κ2) is 8.73. The number of carbonyl (C=O) groups is 1. The summed E-state index contributed by atoms with van der Waals surface area (Å²) in [6, 6.07) is 20.4. The molecule has 0 bridgehead atoms. The van der Waals surface area contributed by atoms with Gasteiger partial charge in [-0.05, 0) is 47.2 Å². The summed E-state index contributed by atoms with van der Waals surface area (Å²) < 4.78 is 5.94. The maximum absolute atomic E-state index is 13.4. The van der Waals surface area contributed by atoms with Gasteiger partial charge in [0.05, 0.1) is 11.7 Å². The van der Waals surface area contributed by atoms with E-state index < -0.39 is 6.04 Å². The van der Waals surface area contributed by atoms with Crippen LogP contribution in [0.15, 0.2) is 78.0 Å². The van der Waals surface area contributed by atoms with Gasteiger partial charge in [-0.3, -0.25) is 4.79 Å². The van der Waals surface area contributed by atoms with Gasteiger partial charge in [0.1, 0.15) is 23.8 Å². The van der Waals surface area contributed by atoms with Crippen molar-refractivity contribution in [3.05, 3.63) is 94.1 Å². The summed E-state index contributed by atoms with van der Waals surface area (Å²) in [5.41, 5.74) is 4.44. The number of ketones is 1. The van der Waals surface area contributed by atoms with Gasteiger partial charge < -0.3 is 20.5 Å². The van der Waals surface area contributed by atoms with Crippen LogP contribution in [0.4, 0.5) is 11.4 Å². The normalized spacial score (nSPS) is 18.8. The van der Waals surface area contributed by atoms with Crippen LogP contribution in [0.25, 0.3) is 0 Å². The number of phenolic OH excluding ortho intramolecular Hbond substituents is 1. The van der Waals surface area contributed by atoms with Crippen molar-refractivity contribution >= 4 is 28.8 Å². The molecule has 6 heteroatoms. The molecule has 5 rings (SSSR count). The molecule has 1 aliphatic carbocycles. The maximum atomic E-state index is 13.4. The van der Waals surface area contributed by atoms with E-state index >= 15 is 0 Å². The van der Waals surface area contributed by atoms with Gasteiger partial charge in [0.2, 0.25) is 0 Å². The van der Waals surface area contributed by atoms with E-state index in [-0.39, 0.29) is 16.9 Å². The third-order valence-electron chi connectivity index (χ3n) is 6.36. The number of phenols is 1. The highest BCUT2D eigenvalue weighted by molar-refractivity contribution is 6.31. The number of ether oxygens (including phenoxy) is 1. The van der Waals surface area contributed by atoms with Gasteiger partial charge in [-0.1, -0.05) is 67.9 Å². The number of benzene rings is 3. The summed E-state index contributed by atoms with van der Waals surface area (Å²) >= 11 is 6.77. The molecule has 3 N–H and O–H groups in total. The second-order valence-electron chi connectivity index (χ2n) is 9.69. The molecule has 5 nitrogen and oxygen atoms in total. The molecule has 0 amide bonds. The van der Waals surface area contributed by atoms with E-state index in [0.29, 0.717) is 47.2 Å². The van der Waals surface area contributed by atoms with Crippen molar-refractivity contribution in [1.82, 2.24) is 0 Å². The Hall–Kier alpha value is -3.44. The Labute approximate surface area is 204 Å². The van der Waals surface area contributed by atoms with Crippen LogP contribution in [0, 0.1) is 5.41 Å². The number of hydrogen-bond donors (Lipinski definition) is 3. The highest BCUT2D eigenvalue weighted by Crippen LogP contribution is 2.48. The smallest absolute Gasteiger partial charge is 0.163 e. The van der Waals surface area contributed by atoms with Crippen molar-refractivity contribution < 1.29 is 14.6 Å². The van der Waals surface area contributed by atoms with E-state index in [0.717, 1.165) is 16.8 Å². The summed E-state index contributed by atoms with van der Waals surface area (Å²) in [5, 5.41) is 17.9. The number of nitrogens with one attached hydrogen (secondary N) is 2. The summed E-state index contributed by atoms with van der Waals surface area (Å²) in [6.45, 7) is 4.61. The predicted octanol–water partition coefficient (Wildman–Crippen LogP) is 6.85. The Morgan fingerprint density at radius 1 is 1.06 bits per heavy atom. The van der Waals surface area contributed by atoms with Crippen LogP contribution in [0.1, 0.15) is 43.9 Å². The lowest BCUT2D eigenvalue weighted by Gasteiger charge is -2.34. The maximum Gasteiger partial charge on any atom is 0.163 e. The van der Waals surface area contributed by atoms with E-state index in [4.69, 9.17) is 16.3 Å². The Kier molecular flexibility index (Phi) is 5.74. The Morgan fingerprint density at radius 3 is 2.62 bits per heavy atom. The first-order valence-corrected chi connectivity index (χ1v) is 11.8. The van der Waals surface area contributed by atoms with Gasteiger partial charge in [0, 0.05) is 22.7 Å². The molecule has 0 spiro atoms. The van der Waals surface area contributed by atoms with Crippen molar-refractivity contribution in [2.75, 3.05) is 10.6 Å². The topological polar surface area (TPSA) is 70.6 Å². The zero-order valence-electron chi connectivity index (χ0n) is 19.2. The summed E-state index contributed by atoms with van der Waals surface area (Å²) in [5.74, 6) is 0.862. The van der Waals surface area contributed by atoms with Gasteiger partial charge in [0.25, 0.3) is 0 Å². The molecule has 3 aromatic rings. The van der Waals surface area contributed by atoms with E-state index in [2.05, 4.69) is 24.5 Å². The lowest BCUT2D eigenvalue weighted by atomic mass is 9.73. The standard InChI is InChI=1S/C28H27ClN2O3/c1-28(2)14-22-25(24(33)15-28)26(30-21-9-6-10-23(32)27(21)31-22)19-12-11-18(13-20(19)29)34-16-17-7-4-3-5-8-17/h3-13,26,30-32H,14-16H2,1-2H3/t26-/m1/s1. The molecule has 0 saturated carbocycles. The van der Waals surface area contributed by atoms with Crippen LogP contribution >= 0.6 is 11.6 Å². The Balaban J connectivity index is 1.52. The first kappa shape index (κ1) is 22.4. The van der Waals surface area contributed by atoms with Gasteiger partial charge in [0.15, 0.2) is 5.78 Å². The number of aromatic hydroxyl groups is 1. The lowest BCUT2D eigenvalue weighted by Crippen LogP contribution is -2.31. The zero-order valence-corrected chi connectivity index (χ0v) is 19.9. The van der Waals surface area contributed by atoms with Crippen molar-refractivity contribution in [3.8, 4) is 11.5 Å². The SMILES string of the molecule is CC1(C)CC(=O)C2=C(C1)Nc1c(O)cccc1N[C@@H]2c1ccc(OCc2ccccc2)cc1Cl. The van der Waals surface area contributed by atoms with E-state index in [1.165, 1.54) is 0 Å². The minimum atomic E-state index is -0.454. The molecule has 0 saturated heterocycles. The third kappa shape index (κ3) is 4.36. The van der Waals surface area contributed by atoms with Crippen LogP contribution in [0.2, 0.25) is 5.02 Å². The van der Waals surface area contributed by atoms with Crippen LogP contribution in [-0.4, -0.2) is 10.9 Å². The molecule has 1 heterocycles. The highest BCUT2D eigenvalue weighted by atomic mass is 35.5. The van der Waals surface area contributed by atoms with Crippen molar-refractivity contribution in [2.45, 2.75) is 39.3 Å². The van der Waals surface area contributed by atoms with Crippen LogP contribution in [0.5, 0.6) is 11.5 Å². The number of para-hydroxylation sites is 1. The quantitative estimate of drug-likeness (QED) is 0.361. The fraction of sp³-hybridized carbons (Fsp3) is 0.250. The second-order valence-corrected chi connectivity index (χ2v) is 10.1. The predicted molar refractivity (Wildman–Crippen MR) is 135 cm³/mol. The van der Waals surface area contributed by atoms with Crippen LogP contribution in [0.3, 0.4) is 0 Å². The van der Waals surface area contributed by atoms with E-state index in [1.807, 2.05) is 48.5 Å². The van der Waals surface area contributed by atoms with Gasteiger partial charge in [-0.2, -0.15) is 0 Å². The molecule has 2 aliphatic rings. The fourth-order valence-corrected chi connectivity index (χ4v) is 5.04. The number of allylic oxidation sites excluding steroid dienone is 1. The largest absolute Gasteiger partial charge is 0.506 e. The Bertz CT molecular complexity index is 1280. The van der Waals surface area contributed by atoms with Crippen LogP contribution < -0.4 is 15.4 Å². The summed E-state index contributed by atoms with van der Waals surface area (Å²) in [6.07, 6.45) is 1.14. The fourth-order valence-electron chi connectivity index (χ4n) is 4.76. The minimum absolute atomic E-state index is 0.0732. The summed E-state index contributed by atoms with van der Waals surface area (Å²) in [7, 11) is 0. The third-order valence-corrected chi connectivity index (χ3v) is 6.69. The van der Waals surface area contributed by atoms with Crippen LogP contribution in [-0.2, 0) is 11.4 Å². The summed E-state index contributed by atoms with van der Waals surface area (Å²) in [4.78, 5) is 13.4. The number of rotatable bonds is 4. The number of carbonyl (C=O) groups excluding carboxylic acids is 1. The molecule has 0 fully saturated rings. The molecule has 0 radical (unpaired) electrons. The number of fused-ring (bicyclic) bond motifs is 1. The van der Waals surface area contributed by atoms with Gasteiger partial charge in [-0.25, -0.2) is 0 Å². The Morgan fingerprint density at radius 2 is 1.85 bits per heavy atom. The molecule has 1 atom stereocenters. The molecule has 1 aliphatic heterocycles. The first-order chi connectivity index (χ1) is 16.3. The van der Waals surface area contributed by atoms with Crippen molar-refractivity contribution in [1.29, 1.82) is 0 Å². The first-order valence-electron chi connectivity index (χ1n) is 11.4. The monoisotopic (exact) mass is 474 g/mol. The van der Waals surface area contributed by atoms with Crippen molar-refractivity contribution in [2.24, 2.45) is 5.41 Å². The number of halogens is 1. The molecule has 3 aromatic carbocycles. The molecule has 34 heavy (non-hydrogen) atoms. The average molecular weight is 475 g/mol. The molecule has 0 aromatic heterocycles. The lowest BCUT2D eigenvalue weighted by molar-refractivity contribution is -0.118. The average Bonchev–Trinajstić information content (AvgIpc) is 2.95. The van der Waals surface area contributed by atoms with Gasteiger partial charge in [-0.15, -0.1) is 0 Å². The molecular weight excluding hydrogens is 448 g/mol. The molecular formula is C28H27ClN2O3. The molecule has 0 unspecified atom stereocenters. The van der Waals surface area contributed by atoms with E-state index in [9.17, 15) is 9.90 Å². The number of Topliss-reactive ketones (excluding diaryl/α,β-unsaturated/α-hetero) is 1. The van der Waals surface area contributed by atoms with Gasteiger partial charge >= 0.3 is 0 Å². The van der Waals surface area contributed by atoms with E-state index in [1.54, 1.807) is 18.2 Å².